The van der Waals surface area contributed by atoms with Gasteiger partial charge in [0.05, 0.1) is 8.80 Å². The first-order valence-corrected chi connectivity index (χ1v) is 6.64. The molecular weight excluding hydrogens is 164 g/mol. The topological polar surface area (TPSA) is 31.5 Å². The molecule has 12 heavy (non-hydrogen) atoms. The van der Waals surface area contributed by atoms with Crippen molar-refractivity contribution in [1.29, 1.82) is 0 Å². The molecule has 0 fully saturated rings. The molecule has 1 aromatic rings. The Morgan fingerprint density at radius 2 is 1.50 bits per heavy atom. The highest BCUT2D eigenvalue weighted by Gasteiger charge is 2.06. The first-order valence-electron chi connectivity index (χ1n) is 4.43. The summed E-state index contributed by atoms with van der Waals surface area (Å²) in [6, 6.07) is 13.7. The molecule has 2 heteroatoms. The smallest absolute Gasteiger partial charge is 0.0702 e. The van der Waals surface area contributed by atoms with E-state index in [1.54, 1.807) is 5.19 Å². The fraction of sp³-hybridized carbons (Fsp3) is 0.400. The average Bonchev–Trinajstić information content (AvgIpc) is 2.09. The molecule has 0 heterocycles. The zero-order valence-electron chi connectivity index (χ0n) is 7.88. The van der Waals surface area contributed by atoms with Crippen LogP contribution in [0.3, 0.4) is 0 Å². The summed E-state index contributed by atoms with van der Waals surface area (Å²) in [5.74, 6) is 0. The van der Waals surface area contributed by atoms with Crippen molar-refractivity contribution in [1.82, 2.24) is 0 Å². The molecule has 1 rings (SSSR count). The van der Waals surface area contributed by atoms with E-state index in [-0.39, 0.29) is 5.48 Å². The lowest BCUT2D eigenvalue weighted by atomic mass is 10.4. The molecular formula is C10H18OSi. The summed E-state index contributed by atoms with van der Waals surface area (Å²) in [4.78, 5) is 0. The maximum Gasteiger partial charge on any atom is 0.0702 e. The highest BCUT2D eigenvalue weighted by atomic mass is 28.3. The van der Waals surface area contributed by atoms with Crippen LogP contribution in [0.2, 0.25) is 12.1 Å². The van der Waals surface area contributed by atoms with Crippen LogP contribution in [0.4, 0.5) is 0 Å². The Morgan fingerprint density at radius 3 is 1.92 bits per heavy atom. The second-order valence-electron chi connectivity index (χ2n) is 2.92. The molecule has 1 aromatic carbocycles. The van der Waals surface area contributed by atoms with E-state index >= 15 is 0 Å². The third-order valence-electron chi connectivity index (χ3n) is 2.26. The quantitative estimate of drug-likeness (QED) is 0.632. The Morgan fingerprint density at radius 1 is 1.00 bits per heavy atom. The zero-order chi connectivity index (χ0) is 8.10. The van der Waals surface area contributed by atoms with Crippen LogP contribution in [0.25, 0.3) is 0 Å². The Hall–Kier alpha value is -0.603. The summed E-state index contributed by atoms with van der Waals surface area (Å²) in [7, 11) is -0.550. The molecule has 0 amide bonds. The van der Waals surface area contributed by atoms with Gasteiger partial charge in [0.15, 0.2) is 0 Å². The standard InChI is InChI=1S/C10H16Si.H2O/c1-3-11(4-2)10-8-6-5-7-9-10;/h5-9,11H,3-4H2,1-2H3;1H2. The van der Waals surface area contributed by atoms with Crippen LogP contribution in [-0.2, 0) is 0 Å². The van der Waals surface area contributed by atoms with Crippen LogP contribution in [0.5, 0.6) is 0 Å². The van der Waals surface area contributed by atoms with Gasteiger partial charge < -0.3 is 5.48 Å². The average molecular weight is 182 g/mol. The SMILES string of the molecule is CC[SiH](CC)c1ccccc1.O. The molecule has 0 saturated carbocycles. The van der Waals surface area contributed by atoms with E-state index < -0.39 is 8.80 Å². The van der Waals surface area contributed by atoms with Crippen LogP contribution >= 0.6 is 0 Å². The van der Waals surface area contributed by atoms with Gasteiger partial charge in [-0.1, -0.05) is 61.5 Å². The molecule has 0 radical (unpaired) electrons. The van der Waals surface area contributed by atoms with Crippen molar-refractivity contribution in [2.75, 3.05) is 0 Å². The summed E-state index contributed by atoms with van der Waals surface area (Å²) < 4.78 is 0. The van der Waals surface area contributed by atoms with E-state index in [0.717, 1.165) is 0 Å². The molecule has 0 atom stereocenters. The summed E-state index contributed by atoms with van der Waals surface area (Å²) in [5, 5.41) is 1.62. The molecule has 0 aromatic heterocycles. The molecule has 0 unspecified atom stereocenters. The van der Waals surface area contributed by atoms with Crippen LogP contribution in [0, 0.1) is 0 Å². The van der Waals surface area contributed by atoms with Crippen molar-refractivity contribution >= 4 is 14.0 Å². The predicted octanol–water partition coefficient (Wildman–Crippen LogP) is 1.34. The monoisotopic (exact) mass is 182 g/mol. The van der Waals surface area contributed by atoms with Crippen molar-refractivity contribution in [2.24, 2.45) is 0 Å². The fourth-order valence-electron chi connectivity index (χ4n) is 1.49. The Bertz CT molecular complexity index is 194. The number of hydrogen-bond donors (Lipinski definition) is 0. The van der Waals surface area contributed by atoms with Crippen LogP contribution < -0.4 is 5.19 Å². The summed E-state index contributed by atoms with van der Waals surface area (Å²) >= 11 is 0. The van der Waals surface area contributed by atoms with Crippen molar-refractivity contribution in [3.63, 3.8) is 0 Å². The van der Waals surface area contributed by atoms with Crippen molar-refractivity contribution in [2.45, 2.75) is 25.9 Å². The predicted molar refractivity (Wildman–Crippen MR) is 57.8 cm³/mol. The molecule has 68 valence electrons. The second-order valence-corrected chi connectivity index (χ2v) is 6.62. The third kappa shape index (κ3) is 2.79. The van der Waals surface area contributed by atoms with Gasteiger partial charge in [-0.05, 0) is 0 Å². The Kier molecular flexibility index (Phi) is 5.67. The van der Waals surface area contributed by atoms with E-state index in [4.69, 9.17) is 0 Å². The zero-order valence-corrected chi connectivity index (χ0v) is 9.03. The Balaban J connectivity index is 0.00000121. The van der Waals surface area contributed by atoms with E-state index in [1.165, 1.54) is 12.1 Å². The first-order chi connectivity index (χ1) is 5.38. The van der Waals surface area contributed by atoms with Gasteiger partial charge in [-0.2, -0.15) is 0 Å². The number of rotatable bonds is 3. The summed E-state index contributed by atoms with van der Waals surface area (Å²) in [5.41, 5.74) is 0. The van der Waals surface area contributed by atoms with Gasteiger partial charge in [0.2, 0.25) is 0 Å². The molecule has 0 aliphatic carbocycles. The lowest BCUT2D eigenvalue weighted by Gasteiger charge is -2.09. The normalized spacial score (nSPS) is 9.58. The molecule has 0 aliphatic rings. The van der Waals surface area contributed by atoms with Gasteiger partial charge in [-0.3, -0.25) is 0 Å². The second kappa shape index (κ2) is 5.97. The lowest BCUT2D eigenvalue weighted by molar-refractivity contribution is 0.824. The highest BCUT2D eigenvalue weighted by molar-refractivity contribution is 6.73. The van der Waals surface area contributed by atoms with Gasteiger partial charge in [-0.15, -0.1) is 0 Å². The van der Waals surface area contributed by atoms with E-state index in [9.17, 15) is 0 Å². The maximum atomic E-state index is 2.31. The number of benzene rings is 1. The minimum Gasteiger partial charge on any atom is -0.412 e. The molecule has 0 spiro atoms. The van der Waals surface area contributed by atoms with Crippen molar-refractivity contribution < 1.29 is 5.48 Å². The maximum absolute atomic E-state index is 2.31. The largest absolute Gasteiger partial charge is 0.412 e. The molecule has 0 bridgehead atoms. The Labute approximate surface area is 76.3 Å². The van der Waals surface area contributed by atoms with Crippen LogP contribution in [-0.4, -0.2) is 14.3 Å². The minimum atomic E-state index is -0.550. The summed E-state index contributed by atoms with van der Waals surface area (Å²) in [6.07, 6.45) is 0. The number of hydrogen-bond acceptors (Lipinski definition) is 0. The third-order valence-corrected chi connectivity index (χ3v) is 5.56. The van der Waals surface area contributed by atoms with Gasteiger partial charge in [0.1, 0.15) is 0 Å². The van der Waals surface area contributed by atoms with Gasteiger partial charge >= 0.3 is 0 Å². The van der Waals surface area contributed by atoms with E-state index in [2.05, 4.69) is 44.2 Å². The molecule has 1 nitrogen and oxygen atoms in total. The van der Waals surface area contributed by atoms with E-state index in [1.807, 2.05) is 0 Å². The minimum absolute atomic E-state index is 0. The van der Waals surface area contributed by atoms with Crippen LogP contribution in [0.15, 0.2) is 30.3 Å². The van der Waals surface area contributed by atoms with Gasteiger partial charge in [0, 0.05) is 0 Å². The van der Waals surface area contributed by atoms with E-state index in [0.29, 0.717) is 0 Å². The molecule has 0 aliphatic heterocycles. The highest BCUT2D eigenvalue weighted by Crippen LogP contribution is 1.98. The van der Waals surface area contributed by atoms with Crippen molar-refractivity contribution in [3.05, 3.63) is 30.3 Å². The summed E-state index contributed by atoms with van der Waals surface area (Å²) in [6.45, 7) is 4.63. The first kappa shape index (κ1) is 11.4. The molecule has 0 saturated heterocycles. The van der Waals surface area contributed by atoms with Crippen LogP contribution in [0.1, 0.15) is 13.8 Å². The van der Waals surface area contributed by atoms with Gasteiger partial charge in [-0.25, -0.2) is 0 Å². The van der Waals surface area contributed by atoms with Gasteiger partial charge in [0.25, 0.3) is 0 Å². The fourth-order valence-corrected chi connectivity index (χ4v) is 3.77. The van der Waals surface area contributed by atoms with Crippen molar-refractivity contribution in [3.8, 4) is 0 Å². The lowest BCUT2D eigenvalue weighted by Crippen LogP contribution is -2.27. The molecule has 2 N–H and O–H groups in total.